The van der Waals surface area contributed by atoms with Gasteiger partial charge in [0.15, 0.2) is 5.69 Å². The fourth-order valence-electron chi connectivity index (χ4n) is 2.83. The molecular formula is C16H27F3N4O. The van der Waals surface area contributed by atoms with E-state index < -0.39 is 29.4 Å². The van der Waals surface area contributed by atoms with Crippen LogP contribution in [0.5, 0.6) is 0 Å². The van der Waals surface area contributed by atoms with Crippen molar-refractivity contribution in [3.63, 3.8) is 0 Å². The summed E-state index contributed by atoms with van der Waals surface area (Å²) in [6, 6.07) is -0.490. The Labute approximate surface area is 141 Å². The lowest BCUT2D eigenvalue weighted by Gasteiger charge is -2.38. The Morgan fingerprint density at radius 1 is 1.29 bits per heavy atom. The monoisotopic (exact) mass is 348 g/mol. The van der Waals surface area contributed by atoms with Crippen molar-refractivity contribution in [3.05, 3.63) is 17.5 Å². The lowest BCUT2D eigenvalue weighted by Crippen LogP contribution is -2.52. The van der Waals surface area contributed by atoms with Crippen molar-refractivity contribution in [1.29, 1.82) is 0 Å². The van der Waals surface area contributed by atoms with Gasteiger partial charge in [0.2, 0.25) is 0 Å². The van der Waals surface area contributed by atoms with E-state index in [1.54, 1.807) is 13.8 Å². The summed E-state index contributed by atoms with van der Waals surface area (Å²) in [6.45, 7) is 7.45. The predicted octanol–water partition coefficient (Wildman–Crippen LogP) is 3.33. The van der Waals surface area contributed by atoms with Crippen LogP contribution in [0.2, 0.25) is 0 Å². The quantitative estimate of drug-likeness (QED) is 0.822. The Morgan fingerprint density at radius 2 is 1.83 bits per heavy atom. The van der Waals surface area contributed by atoms with Crippen molar-refractivity contribution in [2.75, 3.05) is 20.6 Å². The van der Waals surface area contributed by atoms with Crippen LogP contribution in [0.1, 0.15) is 62.6 Å². The third-order valence-electron chi connectivity index (χ3n) is 4.64. The molecule has 0 unspecified atom stereocenters. The molecule has 1 amide bonds. The third-order valence-corrected chi connectivity index (χ3v) is 4.64. The van der Waals surface area contributed by atoms with Gasteiger partial charge < -0.3 is 10.2 Å². The van der Waals surface area contributed by atoms with E-state index in [0.717, 1.165) is 23.7 Å². The van der Waals surface area contributed by atoms with Gasteiger partial charge in [-0.05, 0) is 40.8 Å². The number of amides is 1. The molecule has 0 aliphatic heterocycles. The van der Waals surface area contributed by atoms with Crippen molar-refractivity contribution in [3.8, 4) is 0 Å². The first-order valence-corrected chi connectivity index (χ1v) is 8.10. The number of aromatic nitrogens is 2. The molecule has 0 atom stereocenters. The third kappa shape index (κ3) is 4.09. The Hall–Kier alpha value is -1.57. The van der Waals surface area contributed by atoms with E-state index in [1.165, 1.54) is 0 Å². The SMILES string of the molecule is CCC(CC)(CNC(=O)c1cnn(C(C)C)c1C(F)(F)F)N(C)C. The number of carbonyl (C=O) groups is 1. The molecule has 8 heteroatoms. The largest absolute Gasteiger partial charge is 0.433 e. The van der Waals surface area contributed by atoms with Gasteiger partial charge in [0.25, 0.3) is 5.91 Å². The fourth-order valence-corrected chi connectivity index (χ4v) is 2.83. The standard InChI is InChI=1S/C16H27F3N4O/c1-7-15(8-2,22(5)6)10-20-14(24)12-9-21-23(11(3)4)13(12)16(17,18)19/h9,11H,7-8,10H2,1-6H3,(H,20,24). The predicted molar refractivity (Wildman–Crippen MR) is 86.9 cm³/mol. The van der Waals surface area contributed by atoms with Gasteiger partial charge in [0, 0.05) is 18.1 Å². The molecule has 1 N–H and O–H groups in total. The number of likely N-dealkylation sites (N-methyl/N-ethyl adjacent to an activating group) is 1. The van der Waals surface area contributed by atoms with Crippen molar-refractivity contribution in [1.82, 2.24) is 20.0 Å². The second-order valence-electron chi connectivity index (χ2n) is 6.45. The minimum Gasteiger partial charge on any atom is -0.350 e. The first-order chi connectivity index (χ1) is 11.0. The number of halogens is 3. The van der Waals surface area contributed by atoms with Gasteiger partial charge in [-0.15, -0.1) is 0 Å². The van der Waals surface area contributed by atoms with Gasteiger partial charge in [-0.1, -0.05) is 13.8 Å². The molecule has 1 aromatic heterocycles. The average Bonchev–Trinajstić information content (AvgIpc) is 2.93. The zero-order valence-electron chi connectivity index (χ0n) is 15.2. The van der Waals surface area contributed by atoms with Gasteiger partial charge in [0.1, 0.15) is 0 Å². The van der Waals surface area contributed by atoms with Crippen molar-refractivity contribution in [2.45, 2.75) is 58.3 Å². The maximum absolute atomic E-state index is 13.3. The van der Waals surface area contributed by atoms with Crippen LogP contribution in [0, 0.1) is 0 Å². The minimum atomic E-state index is -4.64. The van der Waals surface area contributed by atoms with E-state index in [9.17, 15) is 18.0 Å². The highest BCUT2D eigenvalue weighted by Gasteiger charge is 2.41. The molecule has 0 saturated carbocycles. The molecule has 0 saturated heterocycles. The highest BCUT2D eigenvalue weighted by atomic mass is 19.4. The van der Waals surface area contributed by atoms with E-state index in [1.807, 2.05) is 32.8 Å². The van der Waals surface area contributed by atoms with Crippen LogP contribution >= 0.6 is 0 Å². The maximum Gasteiger partial charge on any atom is 0.433 e. The second kappa shape index (κ2) is 7.55. The molecule has 0 radical (unpaired) electrons. The molecular weight excluding hydrogens is 321 g/mol. The Bertz CT molecular complexity index is 560. The summed E-state index contributed by atoms with van der Waals surface area (Å²) in [5, 5.41) is 6.40. The van der Waals surface area contributed by atoms with Crippen LogP contribution in [0.25, 0.3) is 0 Å². The fraction of sp³-hybridized carbons (Fsp3) is 0.750. The van der Waals surface area contributed by atoms with Crippen LogP contribution in [0.4, 0.5) is 13.2 Å². The summed E-state index contributed by atoms with van der Waals surface area (Å²) in [4.78, 5) is 14.4. The maximum atomic E-state index is 13.3. The van der Waals surface area contributed by atoms with Crippen LogP contribution in [-0.2, 0) is 6.18 Å². The molecule has 1 aromatic rings. The summed E-state index contributed by atoms with van der Waals surface area (Å²) in [7, 11) is 3.80. The van der Waals surface area contributed by atoms with Crippen LogP contribution in [0.15, 0.2) is 6.20 Å². The van der Waals surface area contributed by atoms with Gasteiger partial charge in [0.05, 0.1) is 11.8 Å². The first-order valence-electron chi connectivity index (χ1n) is 8.10. The number of rotatable bonds is 7. The Morgan fingerprint density at radius 3 is 2.21 bits per heavy atom. The van der Waals surface area contributed by atoms with E-state index in [0.29, 0.717) is 0 Å². The summed E-state index contributed by atoms with van der Waals surface area (Å²) < 4.78 is 40.9. The number of alkyl halides is 3. The van der Waals surface area contributed by atoms with Crippen LogP contribution < -0.4 is 5.32 Å². The van der Waals surface area contributed by atoms with Crippen molar-refractivity contribution < 1.29 is 18.0 Å². The van der Waals surface area contributed by atoms with E-state index in [4.69, 9.17) is 0 Å². The molecule has 0 aliphatic carbocycles. The smallest absolute Gasteiger partial charge is 0.350 e. The van der Waals surface area contributed by atoms with Gasteiger partial charge in [-0.2, -0.15) is 18.3 Å². The number of hydrogen-bond acceptors (Lipinski definition) is 3. The molecule has 24 heavy (non-hydrogen) atoms. The van der Waals surface area contributed by atoms with Crippen molar-refractivity contribution >= 4 is 5.91 Å². The van der Waals surface area contributed by atoms with Gasteiger partial charge in [-0.25, -0.2) is 0 Å². The zero-order valence-corrected chi connectivity index (χ0v) is 15.2. The Balaban J connectivity index is 3.09. The molecule has 0 aromatic carbocycles. The highest BCUT2D eigenvalue weighted by Crippen LogP contribution is 2.33. The topological polar surface area (TPSA) is 50.2 Å². The molecule has 138 valence electrons. The number of carbonyl (C=O) groups excluding carboxylic acids is 1. The van der Waals surface area contributed by atoms with Gasteiger partial charge >= 0.3 is 6.18 Å². The molecule has 1 rings (SSSR count). The first kappa shape index (κ1) is 20.5. The summed E-state index contributed by atoms with van der Waals surface area (Å²) >= 11 is 0. The van der Waals surface area contributed by atoms with E-state index >= 15 is 0 Å². The van der Waals surface area contributed by atoms with Crippen molar-refractivity contribution in [2.24, 2.45) is 0 Å². The lowest BCUT2D eigenvalue weighted by atomic mass is 9.91. The Kier molecular flexibility index (Phi) is 6.44. The summed E-state index contributed by atoms with van der Waals surface area (Å²) in [6.07, 6.45) is -2.10. The summed E-state index contributed by atoms with van der Waals surface area (Å²) in [5.41, 5.74) is -1.73. The number of nitrogens with one attached hydrogen (secondary N) is 1. The second-order valence-corrected chi connectivity index (χ2v) is 6.45. The molecule has 1 heterocycles. The zero-order chi connectivity index (χ0) is 18.7. The highest BCUT2D eigenvalue weighted by molar-refractivity contribution is 5.95. The molecule has 0 aliphatic rings. The number of hydrogen-bond donors (Lipinski definition) is 1. The van der Waals surface area contributed by atoms with E-state index in [-0.39, 0.29) is 12.1 Å². The molecule has 0 spiro atoms. The molecule has 0 bridgehead atoms. The average molecular weight is 348 g/mol. The van der Waals surface area contributed by atoms with Crippen LogP contribution in [0.3, 0.4) is 0 Å². The minimum absolute atomic E-state index is 0.274. The molecule has 5 nitrogen and oxygen atoms in total. The number of nitrogens with zero attached hydrogens (tertiary/aromatic N) is 3. The lowest BCUT2D eigenvalue weighted by molar-refractivity contribution is -0.145. The molecule has 0 fully saturated rings. The van der Waals surface area contributed by atoms with Gasteiger partial charge in [-0.3, -0.25) is 9.48 Å². The summed E-state index contributed by atoms with van der Waals surface area (Å²) in [5.74, 6) is -0.748. The normalized spacial score (nSPS) is 13.0. The van der Waals surface area contributed by atoms with E-state index in [2.05, 4.69) is 10.4 Å². The van der Waals surface area contributed by atoms with Crippen LogP contribution in [-0.4, -0.2) is 46.8 Å².